The van der Waals surface area contributed by atoms with Crippen LogP contribution in [-0.4, -0.2) is 53.4 Å². The van der Waals surface area contributed by atoms with Crippen molar-refractivity contribution in [2.75, 3.05) is 43.1 Å². The van der Waals surface area contributed by atoms with Crippen LogP contribution < -0.4 is 9.80 Å². The Bertz CT molecular complexity index is 1050. The molecule has 2 fully saturated rings. The van der Waals surface area contributed by atoms with Crippen LogP contribution in [0.25, 0.3) is 0 Å². The molecule has 3 aromatic rings. The Morgan fingerprint density at radius 1 is 1.00 bits per heavy atom. The van der Waals surface area contributed by atoms with Crippen LogP contribution in [0.15, 0.2) is 46.1 Å². The van der Waals surface area contributed by atoms with E-state index >= 15 is 0 Å². The van der Waals surface area contributed by atoms with E-state index in [9.17, 15) is 0 Å². The molecule has 9 nitrogen and oxygen atoms in total. The van der Waals surface area contributed by atoms with Crippen LogP contribution in [0.5, 0.6) is 0 Å². The summed E-state index contributed by atoms with van der Waals surface area (Å²) in [6, 6.07) is 8.28. The Kier molecular flexibility index (Phi) is 7.27. The van der Waals surface area contributed by atoms with Crippen LogP contribution in [0.2, 0.25) is 0 Å². The average molecular weight is 483 g/mol. The Balaban J connectivity index is 1.15. The Hall–Kier alpha value is -2.69. The normalized spacial score (nSPS) is 19.2. The minimum Gasteiger partial charge on any atom is -0.371 e. The highest BCUT2D eigenvalue weighted by molar-refractivity contribution is 7.94. The molecule has 0 saturated carbocycles. The highest BCUT2D eigenvalue weighted by Gasteiger charge is 2.31. The maximum Gasteiger partial charge on any atom is 0.231 e. The predicted molar refractivity (Wildman–Crippen MR) is 130 cm³/mol. The Morgan fingerprint density at radius 3 is 2.41 bits per heavy atom. The zero-order valence-electron chi connectivity index (χ0n) is 19.6. The summed E-state index contributed by atoms with van der Waals surface area (Å²) in [6.45, 7) is 5.77. The summed E-state index contributed by atoms with van der Waals surface area (Å²) in [5.74, 6) is 3.00. The van der Waals surface area contributed by atoms with Gasteiger partial charge in [-0.2, -0.15) is 9.32 Å². The van der Waals surface area contributed by atoms with Gasteiger partial charge in [0.2, 0.25) is 11.8 Å². The molecule has 2 saturated heterocycles. The topological polar surface area (TPSA) is 89.6 Å². The van der Waals surface area contributed by atoms with E-state index < -0.39 is 0 Å². The Morgan fingerprint density at radius 2 is 1.71 bits per heavy atom. The van der Waals surface area contributed by atoms with Gasteiger partial charge in [0.25, 0.3) is 0 Å². The molecule has 1 atom stereocenters. The molecule has 0 N–H and O–H groups in total. The molecular formula is C24H30N6O3S. The molecule has 34 heavy (non-hydrogen) atoms. The van der Waals surface area contributed by atoms with Crippen molar-refractivity contribution < 1.29 is 13.7 Å². The number of piperidine rings is 1. The summed E-state index contributed by atoms with van der Waals surface area (Å²) < 4.78 is 10.6. The van der Waals surface area contributed by atoms with Crippen molar-refractivity contribution >= 4 is 23.7 Å². The molecule has 2 aliphatic heterocycles. The molecule has 0 amide bonds. The molecule has 0 unspecified atom stereocenters. The fourth-order valence-electron chi connectivity index (χ4n) is 4.59. The Labute approximate surface area is 204 Å². The van der Waals surface area contributed by atoms with Crippen LogP contribution in [0.1, 0.15) is 55.3 Å². The van der Waals surface area contributed by atoms with Crippen molar-refractivity contribution in [2.24, 2.45) is 0 Å². The van der Waals surface area contributed by atoms with Crippen molar-refractivity contribution in [1.82, 2.24) is 20.1 Å². The molecule has 2 aliphatic rings. The first-order valence-electron chi connectivity index (χ1n) is 11.8. The summed E-state index contributed by atoms with van der Waals surface area (Å²) in [5.41, 5.74) is 2.35. The third kappa shape index (κ3) is 5.18. The first-order valence-corrected chi connectivity index (χ1v) is 12.6. The summed E-state index contributed by atoms with van der Waals surface area (Å²) in [4.78, 5) is 24.1. The molecule has 180 valence electrons. The second-order valence-corrected chi connectivity index (χ2v) is 9.51. The van der Waals surface area contributed by atoms with Gasteiger partial charge in [-0.3, -0.25) is 0 Å². The second-order valence-electron chi connectivity index (χ2n) is 8.74. The number of benzene rings is 1. The zero-order valence-corrected chi connectivity index (χ0v) is 20.4. The van der Waals surface area contributed by atoms with Crippen molar-refractivity contribution in [1.29, 1.82) is 0 Å². The number of hydrogen-bond acceptors (Lipinski definition) is 10. The SMILES string of the molecule is CCc1cnc(N2CCC(c3noc([C@H]4CCN(c5ccc(SOOC)cc5)C4)n3)CC2)nc1. The zero-order chi connectivity index (χ0) is 23.3. The van der Waals surface area contributed by atoms with E-state index in [1.54, 1.807) is 0 Å². The predicted octanol–water partition coefficient (Wildman–Crippen LogP) is 4.39. The molecule has 5 rings (SSSR count). The highest BCUT2D eigenvalue weighted by atomic mass is 32.2. The standard InChI is InChI=1S/C24H30N6O3S/c1-3-17-14-25-24(26-15-17)29-11-8-18(9-12-29)22-27-23(32-28-22)19-10-13-30(16-19)20-4-6-21(7-5-20)34-33-31-2/h4-7,14-15,18-19H,3,8-13,16H2,1-2H3/t19-/m0/s1. The van der Waals surface area contributed by atoms with Gasteiger partial charge in [-0.25, -0.2) is 14.9 Å². The summed E-state index contributed by atoms with van der Waals surface area (Å²) in [6.07, 6.45) is 7.77. The van der Waals surface area contributed by atoms with Crippen LogP contribution in [0.3, 0.4) is 0 Å². The number of nitrogens with zero attached hydrogens (tertiary/aromatic N) is 6. The molecule has 0 aliphatic carbocycles. The molecule has 1 aromatic carbocycles. The van der Waals surface area contributed by atoms with Crippen LogP contribution >= 0.6 is 12.0 Å². The maximum atomic E-state index is 5.73. The van der Waals surface area contributed by atoms with Gasteiger partial charge in [0.1, 0.15) is 0 Å². The van der Waals surface area contributed by atoms with Gasteiger partial charge < -0.3 is 14.3 Å². The lowest BCUT2D eigenvalue weighted by atomic mass is 9.96. The van der Waals surface area contributed by atoms with Gasteiger partial charge in [-0.05, 0) is 55.5 Å². The molecular weight excluding hydrogens is 452 g/mol. The first kappa shape index (κ1) is 23.1. The lowest BCUT2D eigenvalue weighted by Crippen LogP contribution is -2.34. The van der Waals surface area contributed by atoms with Crippen LogP contribution in [0.4, 0.5) is 11.6 Å². The highest BCUT2D eigenvalue weighted by Crippen LogP contribution is 2.33. The van der Waals surface area contributed by atoms with Crippen LogP contribution in [0, 0.1) is 0 Å². The lowest BCUT2D eigenvalue weighted by molar-refractivity contribution is -0.160. The minimum atomic E-state index is 0.262. The number of aryl methyl sites for hydroxylation is 1. The number of aromatic nitrogens is 4. The van der Waals surface area contributed by atoms with E-state index in [0.717, 1.165) is 80.0 Å². The van der Waals surface area contributed by atoms with Gasteiger partial charge in [0.15, 0.2) is 5.82 Å². The van der Waals surface area contributed by atoms with Crippen LogP contribution in [-0.2, 0) is 15.6 Å². The van der Waals surface area contributed by atoms with Crippen molar-refractivity contribution in [3.05, 3.63) is 53.9 Å². The van der Waals surface area contributed by atoms with E-state index in [2.05, 4.69) is 48.9 Å². The van der Waals surface area contributed by atoms with Gasteiger partial charge in [-0.15, -0.1) is 0 Å². The molecule has 0 radical (unpaired) electrons. The van der Waals surface area contributed by atoms with E-state index in [0.29, 0.717) is 5.92 Å². The molecule has 4 heterocycles. The smallest absolute Gasteiger partial charge is 0.231 e. The average Bonchev–Trinajstić information content (AvgIpc) is 3.58. The number of hydrogen-bond donors (Lipinski definition) is 0. The van der Waals surface area contributed by atoms with Gasteiger partial charge in [0.05, 0.1) is 25.1 Å². The maximum absolute atomic E-state index is 5.73. The third-order valence-corrected chi connectivity index (χ3v) is 7.31. The van der Waals surface area contributed by atoms with Crippen molar-refractivity contribution in [2.45, 2.75) is 49.3 Å². The van der Waals surface area contributed by atoms with Crippen molar-refractivity contribution in [3.8, 4) is 0 Å². The van der Waals surface area contributed by atoms with E-state index in [1.807, 2.05) is 24.5 Å². The quantitative estimate of drug-likeness (QED) is 0.262. The second kappa shape index (κ2) is 10.7. The fraction of sp³-hybridized carbons (Fsp3) is 0.500. The first-order chi connectivity index (χ1) is 16.7. The fourth-order valence-corrected chi connectivity index (χ4v) is 4.99. The summed E-state index contributed by atoms with van der Waals surface area (Å²) >= 11 is 1.20. The number of anilines is 2. The van der Waals surface area contributed by atoms with E-state index in [-0.39, 0.29) is 5.92 Å². The lowest BCUT2D eigenvalue weighted by Gasteiger charge is -2.30. The van der Waals surface area contributed by atoms with Gasteiger partial charge >= 0.3 is 0 Å². The minimum absolute atomic E-state index is 0.262. The van der Waals surface area contributed by atoms with E-state index in [1.165, 1.54) is 24.8 Å². The summed E-state index contributed by atoms with van der Waals surface area (Å²) in [7, 11) is 1.50. The van der Waals surface area contributed by atoms with Gasteiger partial charge in [-0.1, -0.05) is 12.1 Å². The third-order valence-electron chi connectivity index (χ3n) is 6.64. The summed E-state index contributed by atoms with van der Waals surface area (Å²) in [5, 5.41) is 4.36. The van der Waals surface area contributed by atoms with Gasteiger partial charge in [0, 0.05) is 55.1 Å². The number of rotatable bonds is 8. The molecule has 10 heteroatoms. The molecule has 0 spiro atoms. The van der Waals surface area contributed by atoms with E-state index in [4.69, 9.17) is 13.8 Å². The monoisotopic (exact) mass is 482 g/mol. The molecule has 2 aromatic heterocycles. The molecule has 0 bridgehead atoms. The van der Waals surface area contributed by atoms with Crippen molar-refractivity contribution in [3.63, 3.8) is 0 Å². The largest absolute Gasteiger partial charge is 0.371 e.